The van der Waals surface area contributed by atoms with Crippen molar-refractivity contribution in [3.8, 4) is 0 Å². The summed E-state index contributed by atoms with van der Waals surface area (Å²) >= 11 is 0. The summed E-state index contributed by atoms with van der Waals surface area (Å²) in [7, 11) is 1.30. The average Bonchev–Trinajstić information content (AvgIpc) is 2.97. The van der Waals surface area contributed by atoms with Crippen molar-refractivity contribution in [3.63, 3.8) is 0 Å². The molecular formula is C19H28N2O5. The van der Waals surface area contributed by atoms with Crippen LogP contribution < -0.4 is 0 Å². The van der Waals surface area contributed by atoms with Gasteiger partial charge in [0.15, 0.2) is 6.10 Å². The van der Waals surface area contributed by atoms with E-state index in [4.69, 9.17) is 9.47 Å². The number of hydrogen-bond donors (Lipinski definition) is 1. The predicted octanol–water partition coefficient (Wildman–Crippen LogP) is 2.48. The third kappa shape index (κ3) is 4.08. The van der Waals surface area contributed by atoms with Crippen molar-refractivity contribution in [2.45, 2.75) is 53.1 Å². The van der Waals surface area contributed by atoms with E-state index >= 15 is 0 Å². The Bertz CT molecular complexity index is 686. The highest BCUT2D eigenvalue weighted by atomic mass is 16.5. The van der Waals surface area contributed by atoms with Gasteiger partial charge in [-0.15, -0.1) is 0 Å². The van der Waals surface area contributed by atoms with Gasteiger partial charge in [0, 0.05) is 18.8 Å². The zero-order chi connectivity index (χ0) is 19.4. The smallest absolute Gasteiger partial charge is 0.355 e. The Hall–Kier alpha value is -2.31. The molecule has 1 aliphatic heterocycles. The lowest BCUT2D eigenvalue weighted by atomic mass is 9.99. The molecule has 1 N–H and O–H groups in total. The number of aryl methyl sites for hydroxylation is 1. The van der Waals surface area contributed by atoms with Gasteiger partial charge in [0.2, 0.25) is 0 Å². The second-order valence-corrected chi connectivity index (χ2v) is 6.88. The van der Waals surface area contributed by atoms with Crippen LogP contribution in [-0.2, 0) is 20.7 Å². The quantitative estimate of drug-likeness (QED) is 0.811. The van der Waals surface area contributed by atoms with Gasteiger partial charge in [-0.1, -0.05) is 13.8 Å². The van der Waals surface area contributed by atoms with E-state index in [1.807, 2.05) is 6.92 Å². The van der Waals surface area contributed by atoms with Crippen LogP contribution in [0.25, 0.3) is 0 Å². The molecule has 26 heavy (non-hydrogen) atoms. The third-order valence-corrected chi connectivity index (χ3v) is 5.00. The fourth-order valence-electron chi connectivity index (χ4n) is 3.26. The number of piperidine rings is 1. The Morgan fingerprint density at radius 2 is 1.85 bits per heavy atom. The number of likely N-dealkylation sites (tertiary alicyclic amines) is 1. The number of nitrogens with zero attached hydrogens (tertiary/aromatic N) is 1. The molecule has 0 unspecified atom stereocenters. The summed E-state index contributed by atoms with van der Waals surface area (Å²) in [6.45, 7) is 8.67. The standard InChI is InChI=1S/C19H28N2O5/c1-6-14-15(18(23)25-5)12(3)16(20-14)19(24)26-13(4)17(22)21-9-7-11(2)8-10-21/h11,13,20H,6-10H2,1-5H3/t13-/m1/s1. The molecule has 0 aliphatic carbocycles. The summed E-state index contributed by atoms with van der Waals surface area (Å²) in [4.78, 5) is 41.7. The molecule has 1 atom stereocenters. The Balaban J connectivity index is 2.10. The molecular weight excluding hydrogens is 336 g/mol. The van der Waals surface area contributed by atoms with Crippen LogP contribution in [0.4, 0.5) is 0 Å². The van der Waals surface area contributed by atoms with Crippen LogP contribution in [0, 0.1) is 12.8 Å². The van der Waals surface area contributed by atoms with E-state index in [9.17, 15) is 14.4 Å². The Morgan fingerprint density at radius 1 is 1.23 bits per heavy atom. The van der Waals surface area contributed by atoms with Crippen LogP contribution >= 0.6 is 0 Å². The maximum absolute atomic E-state index is 12.5. The van der Waals surface area contributed by atoms with E-state index in [2.05, 4.69) is 11.9 Å². The summed E-state index contributed by atoms with van der Waals surface area (Å²) in [5.41, 5.74) is 1.63. The number of amides is 1. The van der Waals surface area contributed by atoms with Crippen molar-refractivity contribution in [1.82, 2.24) is 9.88 Å². The van der Waals surface area contributed by atoms with Gasteiger partial charge in [0.25, 0.3) is 5.91 Å². The molecule has 0 spiro atoms. The first-order valence-corrected chi connectivity index (χ1v) is 9.09. The lowest BCUT2D eigenvalue weighted by Gasteiger charge is -2.31. The minimum atomic E-state index is -0.870. The third-order valence-electron chi connectivity index (χ3n) is 5.00. The predicted molar refractivity (Wildman–Crippen MR) is 96.1 cm³/mol. The second-order valence-electron chi connectivity index (χ2n) is 6.88. The van der Waals surface area contributed by atoms with E-state index in [1.165, 1.54) is 7.11 Å². The Morgan fingerprint density at radius 3 is 2.38 bits per heavy atom. The molecule has 7 nitrogen and oxygen atoms in total. The van der Waals surface area contributed by atoms with Crippen LogP contribution in [0.3, 0.4) is 0 Å². The van der Waals surface area contributed by atoms with Gasteiger partial charge in [0.1, 0.15) is 5.69 Å². The van der Waals surface area contributed by atoms with Crippen molar-refractivity contribution in [1.29, 1.82) is 0 Å². The fourth-order valence-corrected chi connectivity index (χ4v) is 3.26. The molecule has 2 rings (SSSR count). The number of hydrogen-bond acceptors (Lipinski definition) is 5. The molecule has 1 aliphatic rings. The highest BCUT2D eigenvalue weighted by molar-refractivity contribution is 5.99. The molecule has 1 fully saturated rings. The molecule has 0 radical (unpaired) electrons. The van der Waals surface area contributed by atoms with E-state index in [0.717, 1.165) is 12.8 Å². The first kappa shape index (κ1) is 20.0. The number of carbonyl (C=O) groups excluding carboxylic acids is 3. The summed E-state index contributed by atoms with van der Waals surface area (Å²) in [6.07, 6.45) is 1.60. The van der Waals surface area contributed by atoms with Crippen LogP contribution in [0.2, 0.25) is 0 Å². The number of carbonyl (C=O) groups is 3. The topological polar surface area (TPSA) is 88.7 Å². The van der Waals surface area contributed by atoms with Gasteiger partial charge in [0.05, 0.1) is 12.7 Å². The van der Waals surface area contributed by atoms with Crippen molar-refractivity contribution >= 4 is 17.8 Å². The Labute approximate surface area is 154 Å². The number of esters is 2. The van der Waals surface area contributed by atoms with Gasteiger partial charge in [-0.05, 0) is 44.6 Å². The van der Waals surface area contributed by atoms with Crippen molar-refractivity contribution < 1.29 is 23.9 Å². The molecule has 1 aromatic heterocycles. The second kappa shape index (κ2) is 8.38. The van der Waals surface area contributed by atoms with Gasteiger partial charge in [-0.3, -0.25) is 4.79 Å². The van der Waals surface area contributed by atoms with E-state index < -0.39 is 18.0 Å². The van der Waals surface area contributed by atoms with Gasteiger partial charge >= 0.3 is 11.9 Å². The highest BCUT2D eigenvalue weighted by Gasteiger charge is 2.29. The highest BCUT2D eigenvalue weighted by Crippen LogP contribution is 2.22. The molecule has 2 heterocycles. The van der Waals surface area contributed by atoms with E-state index in [-0.39, 0.29) is 11.6 Å². The molecule has 1 aromatic rings. The molecule has 0 bridgehead atoms. The Kier molecular flexibility index (Phi) is 6.45. The zero-order valence-electron chi connectivity index (χ0n) is 16.2. The SMILES string of the molecule is CCc1[nH]c(C(=O)O[C@H](C)C(=O)N2CCC(C)CC2)c(C)c1C(=O)OC. The number of rotatable bonds is 5. The number of nitrogens with one attached hydrogen (secondary N) is 1. The lowest BCUT2D eigenvalue weighted by molar-refractivity contribution is -0.141. The summed E-state index contributed by atoms with van der Waals surface area (Å²) < 4.78 is 10.2. The molecule has 0 aromatic carbocycles. The first-order valence-electron chi connectivity index (χ1n) is 9.09. The number of methoxy groups -OCH3 is 1. The number of ether oxygens (including phenoxy) is 2. The summed E-state index contributed by atoms with van der Waals surface area (Å²) in [6, 6.07) is 0. The summed E-state index contributed by atoms with van der Waals surface area (Å²) in [5, 5.41) is 0. The maximum atomic E-state index is 12.5. The number of aromatic nitrogens is 1. The molecule has 1 amide bonds. The zero-order valence-corrected chi connectivity index (χ0v) is 16.2. The van der Waals surface area contributed by atoms with Crippen LogP contribution in [0.5, 0.6) is 0 Å². The average molecular weight is 364 g/mol. The first-order chi connectivity index (χ1) is 12.3. The van der Waals surface area contributed by atoms with Crippen LogP contribution in [0.15, 0.2) is 0 Å². The summed E-state index contributed by atoms with van der Waals surface area (Å²) in [5.74, 6) is -0.708. The van der Waals surface area contributed by atoms with Crippen LogP contribution in [0.1, 0.15) is 65.7 Å². The normalized spacial score (nSPS) is 16.3. The largest absolute Gasteiger partial charge is 0.465 e. The van der Waals surface area contributed by atoms with Crippen molar-refractivity contribution in [2.24, 2.45) is 5.92 Å². The number of H-pyrrole nitrogens is 1. The van der Waals surface area contributed by atoms with E-state index in [1.54, 1.807) is 18.7 Å². The minimum Gasteiger partial charge on any atom is -0.465 e. The molecule has 0 saturated carbocycles. The molecule has 1 saturated heterocycles. The van der Waals surface area contributed by atoms with Gasteiger partial charge in [-0.2, -0.15) is 0 Å². The lowest BCUT2D eigenvalue weighted by Crippen LogP contribution is -2.44. The number of aromatic amines is 1. The van der Waals surface area contributed by atoms with E-state index in [0.29, 0.717) is 42.2 Å². The van der Waals surface area contributed by atoms with Gasteiger partial charge in [-0.25, -0.2) is 9.59 Å². The minimum absolute atomic E-state index is 0.182. The molecule has 7 heteroatoms. The van der Waals surface area contributed by atoms with Crippen LogP contribution in [-0.4, -0.2) is 54.0 Å². The van der Waals surface area contributed by atoms with Crippen molar-refractivity contribution in [2.75, 3.05) is 20.2 Å². The van der Waals surface area contributed by atoms with Gasteiger partial charge < -0.3 is 19.4 Å². The molecule has 144 valence electrons. The monoisotopic (exact) mass is 364 g/mol. The van der Waals surface area contributed by atoms with Crippen molar-refractivity contribution in [3.05, 3.63) is 22.5 Å². The fraction of sp³-hybridized carbons (Fsp3) is 0.632. The maximum Gasteiger partial charge on any atom is 0.355 e.